The smallest absolute Gasteiger partial charge is 0.323 e. The maximum atomic E-state index is 12.4. The normalized spacial score (nSPS) is 10.4. The van der Waals surface area contributed by atoms with Crippen molar-refractivity contribution in [3.8, 4) is 17.0 Å². The van der Waals surface area contributed by atoms with Gasteiger partial charge in [0.2, 0.25) is 0 Å². The number of aromatic nitrogens is 2. The highest BCUT2D eigenvalue weighted by atomic mass is 16.5. The molecule has 0 bridgehead atoms. The molecule has 2 aromatic rings. The van der Waals surface area contributed by atoms with Gasteiger partial charge in [0.1, 0.15) is 18.0 Å². The lowest BCUT2D eigenvalue weighted by Gasteiger charge is -2.19. The van der Waals surface area contributed by atoms with Gasteiger partial charge in [-0.1, -0.05) is 0 Å². The van der Waals surface area contributed by atoms with Gasteiger partial charge in [-0.2, -0.15) is 5.10 Å². The van der Waals surface area contributed by atoms with Gasteiger partial charge >= 0.3 is 5.97 Å². The number of amides is 1. The molecule has 8 nitrogen and oxygen atoms in total. The molecular formula is C16H19N3O5. The van der Waals surface area contributed by atoms with Gasteiger partial charge in [0.25, 0.3) is 5.91 Å². The molecule has 1 aromatic carbocycles. The molecular weight excluding hydrogens is 314 g/mol. The minimum Gasteiger partial charge on any atom is -0.497 e. The number of nitrogens with zero attached hydrogens (tertiary/aromatic N) is 2. The molecule has 1 aromatic heterocycles. The van der Waals surface area contributed by atoms with Crippen molar-refractivity contribution in [1.29, 1.82) is 0 Å². The summed E-state index contributed by atoms with van der Waals surface area (Å²) < 4.78 is 10.0. The van der Waals surface area contributed by atoms with Crippen LogP contribution in [0, 0.1) is 0 Å². The first-order chi connectivity index (χ1) is 11.5. The molecule has 2 rings (SSSR count). The molecule has 0 radical (unpaired) electrons. The summed E-state index contributed by atoms with van der Waals surface area (Å²) in [5, 5.41) is 15.7. The zero-order valence-corrected chi connectivity index (χ0v) is 13.5. The van der Waals surface area contributed by atoms with Gasteiger partial charge < -0.3 is 19.5 Å². The summed E-state index contributed by atoms with van der Waals surface area (Å²) in [6, 6.07) is 8.82. The Bertz CT molecular complexity index is 696. The Labute approximate surface area is 139 Å². The van der Waals surface area contributed by atoms with Crippen LogP contribution in [0.3, 0.4) is 0 Å². The highest BCUT2D eigenvalue weighted by Gasteiger charge is 2.20. The molecule has 128 valence electrons. The molecule has 0 fully saturated rings. The van der Waals surface area contributed by atoms with Gasteiger partial charge in [-0.15, -0.1) is 0 Å². The molecule has 0 unspecified atom stereocenters. The van der Waals surface area contributed by atoms with Crippen LogP contribution in [0.5, 0.6) is 5.75 Å². The maximum Gasteiger partial charge on any atom is 0.323 e. The molecule has 0 aliphatic rings. The number of carbonyl (C=O) groups excluding carboxylic acids is 1. The summed E-state index contributed by atoms with van der Waals surface area (Å²) in [6.45, 7) is 0.0239. The van der Waals surface area contributed by atoms with Crippen molar-refractivity contribution in [3.63, 3.8) is 0 Å². The molecule has 24 heavy (non-hydrogen) atoms. The first-order valence-electron chi connectivity index (χ1n) is 7.25. The standard InChI is InChI=1S/C16H19N3O5/c1-23-8-7-19(10-15(20)21)16(22)14-9-13(17-18-14)11-3-5-12(24-2)6-4-11/h3-6,9H,7-8,10H2,1-2H3,(H,17,18)(H,20,21). The number of methoxy groups -OCH3 is 2. The summed E-state index contributed by atoms with van der Waals surface area (Å²) in [5.74, 6) is -0.811. The topological polar surface area (TPSA) is 105 Å². The third-order valence-electron chi connectivity index (χ3n) is 3.37. The van der Waals surface area contributed by atoms with Crippen LogP contribution < -0.4 is 4.74 Å². The molecule has 0 atom stereocenters. The lowest BCUT2D eigenvalue weighted by molar-refractivity contribution is -0.137. The van der Waals surface area contributed by atoms with E-state index in [2.05, 4.69) is 10.2 Å². The number of hydrogen-bond donors (Lipinski definition) is 2. The van der Waals surface area contributed by atoms with Crippen molar-refractivity contribution < 1.29 is 24.2 Å². The molecule has 0 saturated carbocycles. The highest BCUT2D eigenvalue weighted by Crippen LogP contribution is 2.21. The number of H-pyrrole nitrogens is 1. The second kappa shape index (κ2) is 8.11. The number of carboxylic acid groups (broad SMARTS) is 1. The monoisotopic (exact) mass is 333 g/mol. The number of carboxylic acids is 1. The number of rotatable bonds is 8. The first kappa shape index (κ1) is 17.5. The average Bonchev–Trinajstić information content (AvgIpc) is 3.07. The molecule has 0 aliphatic heterocycles. The third-order valence-corrected chi connectivity index (χ3v) is 3.37. The van der Waals surface area contributed by atoms with Crippen molar-refractivity contribution in [2.75, 3.05) is 33.9 Å². The fraction of sp³-hybridized carbons (Fsp3) is 0.312. The summed E-state index contributed by atoms with van der Waals surface area (Å²) in [4.78, 5) is 24.6. The molecule has 2 N–H and O–H groups in total. The van der Waals surface area contributed by atoms with E-state index in [9.17, 15) is 9.59 Å². The SMILES string of the molecule is COCCN(CC(=O)O)C(=O)c1cc(-c2ccc(OC)cc2)n[nH]1. The van der Waals surface area contributed by atoms with E-state index < -0.39 is 18.4 Å². The lowest BCUT2D eigenvalue weighted by Crippen LogP contribution is -2.38. The van der Waals surface area contributed by atoms with Crippen LogP contribution in [0.25, 0.3) is 11.3 Å². The van der Waals surface area contributed by atoms with Crippen LogP contribution in [-0.2, 0) is 9.53 Å². The van der Waals surface area contributed by atoms with E-state index in [1.807, 2.05) is 12.1 Å². The Hall–Kier alpha value is -2.87. The average molecular weight is 333 g/mol. The lowest BCUT2D eigenvalue weighted by atomic mass is 10.1. The van der Waals surface area contributed by atoms with Gasteiger partial charge in [0.15, 0.2) is 0 Å². The second-order valence-corrected chi connectivity index (χ2v) is 5.01. The van der Waals surface area contributed by atoms with Crippen LogP contribution in [0.4, 0.5) is 0 Å². The predicted octanol–water partition coefficient (Wildman–Crippen LogP) is 1.26. The summed E-state index contributed by atoms with van der Waals surface area (Å²) in [6.07, 6.45) is 0. The minimum absolute atomic E-state index is 0.179. The predicted molar refractivity (Wildman–Crippen MR) is 86.0 cm³/mol. The van der Waals surface area contributed by atoms with Gasteiger partial charge in [-0.25, -0.2) is 0 Å². The highest BCUT2D eigenvalue weighted by molar-refractivity contribution is 5.95. The molecule has 0 saturated heterocycles. The van der Waals surface area contributed by atoms with E-state index >= 15 is 0 Å². The van der Waals surface area contributed by atoms with Gasteiger partial charge in [0.05, 0.1) is 19.4 Å². The van der Waals surface area contributed by atoms with E-state index in [0.29, 0.717) is 5.69 Å². The van der Waals surface area contributed by atoms with Crippen molar-refractivity contribution >= 4 is 11.9 Å². The van der Waals surface area contributed by atoms with Gasteiger partial charge in [0, 0.05) is 19.2 Å². The summed E-state index contributed by atoms with van der Waals surface area (Å²) in [7, 11) is 3.07. The van der Waals surface area contributed by atoms with Crippen LogP contribution in [0.1, 0.15) is 10.5 Å². The number of aliphatic carboxylic acids is 1. The van der Waals surface area contributed by atoms with E-state index in [-0.39, 0.29) is 18.8 Å². The second-order valence-electron chi connectivity index (χ2n) is 5.01. The molecule has 8 heteroatoms. The van der Waals surface area contributed by atoms with E-state index in [0.717, 1.165) is 11.3 Å². The van der Waals surface area contributed by atoms with Crippen LogP contribution >= 0.6 is 0 Å². The number of aromatic amines is 1. The van der Waals surface area contributed by atoms with Crippen LogP contribution in [0.2, 0.25) is 0 Å². The number of hydrogen-bond acceptors (Lipinski definition) is 5. The largest absolute Gasteiger partial charge is 0.497 e. The molecule has 0 aliphatic carbocycles. The summed E-state index contributed by atoms with van der Waals surface area (Å²) >= 11 is 0. The Morgan fingerprint density at radius 2 is 1.96 bits per heavy atom. The van der Waals surface area contributed by atoms with Gasteiger partial charge in [-0.05, 0) is 30.3 Å². The van der Waals surface area contributed by atoms with E-state index in [1.54, 1.807) is 25.3 Å². The van der Waals surface area contributed by atoms with E-state index in [1.165, 1.54) is 12.0 Å². The van der Waals surface area contributed by atoms with Crippen molar-refractivity contribution in [2.24, 2.45) is 0 Å². The number of ether oxygens (including phenoxy) is 2. The van der Waals surface area contributed by atoms with Gasteiger partial charge in [-0.3, -0.25) is 14.7 Å². The Kier molecular flexibility index (Phi) is 5.91. The maximum absolute atomic E-state index is 12.4. The van der Waals surface area contributed by atoms with Crippen molar-refractivity contribution in [3.05, 3.63) is 36.0 Å². The van der Waals surface area contributed by atoms with Crippen molar-refractivity contribution in [1.82, 2.24) is 15.1 Å². The van der Waals surface area contributed by atoms with E-state index in [4.69, 9.17) is 14.6 Å². The number of carbonyl (C=O) groups is 2. The fourth-order valence-corrected chi connectivity index (χ4v) is 2.13. The number of benzene rings is 1. The Morgan fingerprint density at radius 3 is 2.54 bits per heavy atom. The summed E-state index contributed by atoms with van der Waals surface area (Å²) in [5.41, 5.74) is 1.62. The fourth-order valence-electron chi connectivity index (χ4n) is 2.13. The van der Waals surface area contributed by atoms with Crippen molar-refractivity contribution in [2.45, 2.75) is 0 Å². The molecule has 1 amide bonds. The molecule has 1 heterocycles. The molecule has 0 spiro atoms. The van der Waals surface area contributed by atoms with Crippen LogP contribution in [-0.4, -0.2) is 66.0 Å². The quantitative estimate of drug-likeness (QED) is 0.753. The zero-order chi connectivity index (χ0) is 17.5. The third kappa shape index (κ3) is 4.32. The Morgan fingerprint density at radius 1 is 1.25 bits per heavy atom. The Balaban J connectivity index is 2.17. The zero-order valence-electron chi connectivity index (χ0n) is 13.5. The first-order valence-corrected chi connectivity index (χ1v) is 7.25. The minimum atomic E-state index is -1.09. The number of nitrogens with one attached hydrogen (secondary N) is 1. The van der Waals surface area contributed by atoms with Crippen LogP contribution in [0.15, 0.2) is 30.3 Å².